The maximum atomic E-state index is 10.0. The molecule has 0 rings (SSSR count). The number of nitrogens with one attached hydrogen (secondary N) is 1. The number of hydrogen-bond donors (Lipinski definition) is 3. The van der Waals surface area contributed by atoms with Gasteiger partial charge in [0.05, 0.1) is 6.54 Å². The monoisotopic (exact) mass is 104 g/mol. The molecule has 0 bridgehead atoms. The first-order valence-corrected chi connectivity index (χ1v) is 1.89. The summed E-state index contributed by atoms with van der Waals surface area (Å²) in [7, 11) is 0. The molecular weight excluding hydrogens is 96.0 g/mol. The van der Waals surface area contributed by atoms with Crippen LogP contribution in [0, 0.1) is 0 Å². The van der Waals surface area contributed by atoms with Gasteiger partial charge in [0.2, 0.25) is 5.91 Å². The summed E-state index contributed by atoms with van der Waals surface area (Å²) in [6, 6.07) is 0. The molecule has 0 saturated heterocycles. The number of carbonyl (C=O) groups is 1. The minimum absolute atomic E-state index is 0.0689. The van der Waals surface area contributed by atoms with Gasteiger partial charge in [0.25, 0.3) is 0 Å². The van der Waals surface area contributed by atoms with Crippen LogP contribution in [0.25, 0.3) is 0 Å². The highest BCUT2D eigenvalue weighted by atomic mass is 16.3. The van der Waals surface area contributed by atoms with E-state index in [1.165, 1.54) is 0 Å². The molecule has 1 amide bonds. The zero-order chi connectivity index (χ0) is 5.70. The number of amides is 1. The molecule has 0 heterocycles. The molecule has 0 fully saturated rings. The van der Waals surface area contributed by atoms with Gasteiger partial charge in [0.15, 0.2) is 0 Å². The van der Waals surface area contributed by atoms with Gasteiger partial charge in [-0.2, -0.15) is 0 Å². The van der Waals surface area contributed by atoms with Crippen LogP contribution in [0.3, 0.4) is 0 Å². The molecule has 4 nitrogen and oxygen atoms in total. The quantitative estimate of drug-likeness (QED) is 0.355. The lowest BCUT2D eigenvalue weighted by Gasteiger charge is -1.93. The van der Waals surface area contributed by atoms with Gasteiger partial charge in [-0.1, -0.05) is 0 Å². The highest BCUT2D eigenvalue weighted by molar-refractivity contribution is 5.77. The molecular formula is C3H8N2O2. The number of hydrogen-bond acceptors (Lipinski definition) is 3. The van der Waals surface area contributed by atoms with E-state index in [0.717, 1.165) is 0 Å². The Hall–Kier alpha value is -0.610. The van der Waals surface area contributed by atoms with Crippen molar-refractivity contribution in [1.29, 1.82) is 0 Å². The predicted octanol–water partition coefficient (Wildman–Crippen LogP) is -1.99. The van der Waals surface area contributed by atoms with Crippen LogP contribution in [0.4, 0.5) is 0 Å². The van der Waals surface area contributed by atoms with Gasteiger partial charge < -0.3 is 16.2 Å². The number of aliphatic hydroxyl groups excluding tert-OH is 1. The molecule has 0 spiro atoms. The third-order valence-corrected chi connectivity index (χ3v) is 0.462. The standard InChI is InChI=1S/C3H8N2O2/c4-1-3(7)5-2-6/h6H,1-2,4H2,(H,5,7). The van der Waals surface area contributed by atoms with E-state index in [2.05, 4.69) is 5.32 Å². The van der Waals surface area contributed by atoms with Crippen molar-refractivity contribution in [3.63, 3.8) is 0 Å². The molecule has 42 valence electrons. The maximum absolute atomic E-state index is 10.0. The van der Waals surface area contributed by atoms with E-state index in [-0.39, 0.29) is 19.2 Å². The van der Waals surface area contributed by atoms with E-state index in [0.29, 0.717) is 0 Å². The summed E-state index contributed by atoms with van der Waals surface area (Å²) in [6.07, 6.45) is 0. The lowest BCUT2D eigenvalue weighted by atomic mass is 10.6. The molecule has 0 aliphatic carbocycles. The lowest BCUT2D eigenvalue weighted by molar-refractivity contribution is -0.120. The summed E-state index contributed by atoms with van der Waals surface area (Å²) in [5, 5.41) is 10.1. The van der Waals surface area contributed by atoms with Gasteiger partial charge in [-0.3, -0.25) is 4.79 Å². The Balaban J connectivity index is 3.00. The summed E-state index contributed by atoms with van der Waals surface area (Å²) < 4.78 is 0. The summed E-state index contributed by atoms with van der Waals surface area (Å²) in [5.41, 5.74) is 4.83. The van der Waals surface area contributed by atoms with Gasteiger partial charge in [0.1, 0.15) is 6.73 Å². The third-order valence-electron chi connectivity index (χ3n) is 0.462. The molecule has 4 heteroatoms. The van der Waals surface area contributed by atoms with E-state index in [4.69, 9.17) is 10.8 Å². The minimum Gasteiger partial charge on any atom is -0.377 e. The molecule has 0 aliphatic rings. The number of rotatable bonds is 2. The average Bonchev–Trinajstić information content (AvgIpc) is 1.68. The fraction of sp³-hybridized carbons (Fsp3) is 0.667. The van der Waals surface area contributed by atoms with Crippen LogP contribution in [0.15, 0.2) is 0 Å². The van der Waals surface area contributed by atoms with Crippen molar-refractivity contribution in [3.8, 4) is 0 Å². The average molecular weight is 104 g/mol. The molecule has 7 heavy (non-hydrogen) atoms. The van der Waals surface area contributed by atoms with E-state index in [1.807, 2.05) is 0 Å². The van der Waals surface area contributed by atoms with E-state index >= 15 is 0 Å². The van der Waals surface area contributed by atoms with Gasteiger partial charge in [-0.25, -0.2) is 0 Å². The fourth-order valence-corrected chi connectivity index (χ4v) is 0.160. The van der Waals surface area contributed by atoms with Crippen LogP contribution in [0.2, 0.25) is 0 Å². The largest absolute Gasteiger partial charge is 0.377 e. The van der Waals surface area contributed by atoms with Gasteiger partial charge in [0, 0.05) is 0 Å². The highest BCUT2D eigenvalue weighted by Crippen LogP contribution is 1.52. The number of carbonyl (C=O) groups excluding carboxylic acids is 1. The molecule has 0 aromatic heterocycles. The van der Waals surface area contributed by atoms with E-state index in [9.17, 15) is 4.79 Å². The number of nitrogens with two attached hydrogens (primary N) is 1. The SMILES string of the molecule is NCC(=O)NCO. The van der Waals surface area contributed by atoms with Crippen molar-refractivity contribution < 1.29 is 9.90 Å². The normalized spacial score (nSPS) is 8.29. The molecule has 0 aromatic carbocycles. The topological polar surface area (TPSA) is 75.4 Å². The Labute approximate surface area is 41.3 Å². The zero-order valence-electron chi connectivity index (χ0n) is 3.85. The first-order valence-electron chi connectivity index (χ1n) is 1.89. The van der Waals surface area contributed by atoms with Crippen molar-refractivity contribution in [3.05, 3.63) is 0 Å². The van der Waals surface area contributed by atoms with Crippen molar-refractivity contribution in [1.82, 2.24) is 5.32 Å². The molecule has 0 unspecified atom stereocenters. The molecule has 0 atom stereocenters. The molecule has 0 saturated carbocycles. The molecule has 0 radical (unpaired) electrons. The third kappa shape index (κ3) is 3.21. The Morgan fingerprint density at radius 3 is 2.57 bits per heavy atom. The molecule has 4 N–H and O–H groups in total. The Morgan fingerprint density at radius 2 is 2.43 bits per heavy atom. The second-order valence-corrected chi connectivity index (χ2v) is 0.962. The van der Waals surface area contributed by atoms with Crippen molar-refractivity contribution in [2.45, 2.75) is 0 Å². The van der Waals surface area contributed by atoms with Crippen molar-refractivity contribution in [2.24, 2.45) is 5.73 Å². The highest BCUT2D eigenvalue weighted by Gasteiger charge is 1.89. The van der Waals surface area contributed by atoms with Crippen LogP contribution in [0.5, 0.6) is 0 Å². The fourth-order valence-electron chi connectivity index (χ4n) is 0.160. The van der Waals surface area contributed by atoms with Crippen molar-refractivity contribution in [2.75, 3.05) is 13.3 Å². The Bertz CT molecular complexity index is 64.0. The van der Waals surface area contributed by atoms with Crippen LogP contribution in [0.1, 0.15) is 0 Å². The van der Waals surface area contributed by atoms with Crippen molar-refractivity contribution >= 4 is 5.91 Å². The Kier molecular flexibility index (Phi) is 3.26. The summed E-state index contributed by atoms with van der Waals surface area (Å²) >= 11 is 0. The first kappa shape index (κ1) is 6.39. The maximum Gasteiger partial charge on any atom is 0.235 e. The van der Waals surface area contributed by atoms with E-state index < -0.39 is 0 Å². The van der Waals surface area contributed by atoms with Crippen LogP contribution in [-0.2, 0) is 4.79 Å². The molecule has 0 aliphatic heterocycles. The number of aliphatic hydroxyl groups is 1. The van der Waals surface area contributed by atoms with E-state index in [1.54, 1.807) is 0 Å². The summed E-state index contributed by atoms with van der Waals surface area (Å²) in [5.74, 6) is -0.345. The minimum atomic E-state index is -0.345. The second-order valence-electron chi connectivity index (χ2n) is 0.962. The van der Waals surface area contributed by atoms with Gasteiger partial charge in [-0.05, 0) is 0 Å². The second kappa shape index (κ2) is 3.58. The van der Waals surface area contributed by atoms with Crippen LogP contribution < -0.4 is 11.1 Å². The van der Waals surface area contributed by atoms with Crippen LogP contribution >= 0.6 is 0 Å². The zero-order valence-corrected chi connectivity index (χ0v) is 3.85. The predicted molar refractivity (Wildman–Crippen MR) is 24.3 cm³/mol. The van der Waals surface area contributed by atoms with Gasteiger partial charge in [-0.15, -0.1) is 0 Å². The van der Waals surface area contributed by atoms with Crippen LogP contribution in [-0.4, -0.2) is 24.3 Å². The first-order chi connectivity index (χ1) is 3.31. The summed E-state index contributed by atoms with van der Waals surface area (Å²) in [6.45, 7) is -0.406. The Morgan fingerprint density at radius 1 is 1.86 bits per heavy atom. The summed E-state index contributed by atoms with van der Waals surface area (Å²) in [4.78, 5) is 10.0. The molecule has 0 aromatic rings. The smallest absolute Gasteiger partial charge is 0.235 e. The van der Waals surface area contributed by atoms with Gasteiger partial charge >= 0.3 is 0 Å². The lowest BCUT2D eigenvalue weighted by Crippen LogP contribution is -2.30.